The van der Waals surface area contributed by atoms with Crippen molar-refractivity contribution in [3.8, 4) is 5.75 Å². The SMILES string of the molecule is NC1CCOc2c(F)ccc(F)c21. The molecule has 1 unspecified atom stereocenters. The van der Waals surface area contributed by atoms with Gasteiger partial charge in [-0.15, -0.1) is 0 Å². The zero-order valence-corrected chi connectivity index (χ0v) is 6.89. The van der Waals surface area contributed by atoms with Crippen LogP contribution < -0.4 is 10.5 Å². The van der Waals surface area contributed by atoms with Crippen LogP contribution in [0.1, 0.15) is 18.0 Å². The zero-order chi connectivity index (χ0) is 9.42. The summed E-state index contributed by atoms with van der Waals surface area (Å²) in [4.78, 5) is 0. The van der Waals surface area contributed by atoms with E-state index in [-0.39, 0.29) is 11.3 Å². The fraction of sp³-hybridized carbons (Fsp3) is 0.333. The molecule has 1 aromatic rings. The average Bonchev–Trinajstić information content (AvgIpc) is 2.12. The van der Waals surface area contributed by atoms with Crippen LogP contribution in [0.2, 0.25) is 0 Å². The molecule has 1 aromatic carbocycles. The summed E-state index contributed by atoms with van der Waals surface area (Å²) in [5.41, 5.74) is 5.79. The van der Waals surface area contributed by atoms with Crippen LogP contribution in [-0.4, -0.2) is 6.61 Å². The van der Waals surface area contributed by atoms with Gasteiger partial charge >= 0.3 is 0 Å². The summed E-state index contributed by atoms with van der Waals surface area (Å²) in [6, 6.07) is 1.66. The second-order valence-electron chi connectivity index (χ2n) is 3.02. The molecule has 0 saturated carbocycles. The lowest BCUT2D eigenvalue weighted by atomic mass is 10.0. The molecular weight excluding hydrogens is 176 g/mol. The second kappa shape index (κ2) is 2.96. The van der Waals surface area contributed by atoms with Crippen LogP contribution in [0.5, 0.6) is 5.75 Å². The summed E-state index contributed by atoms with van der Waals surface area (Å²) >= 11 is 0. The predicted molar refractivity (Wildman–Crippen MR) is 43.4 cm³/mol. The van der Waals surface area contributed by atoms with Gasteiger partial charge < -0.3 is 10.5 Å². The van der Waals surface area contributed by atoms with Gasteiger partial charge in [-0.2, -0.15) is 0 Å². The molecule has 1 heterocycles. The van der Waals surface area contributed by atoms with E-state index in [1.54, 1.807) is 0 Å². The highest BCUT2D eigenvalue weighted by Gasteiger charge is 2.24. The van der Waals surface area contributed by atoms with E-state index in [0.29, 0.717) is 13.0 Å². The van der Waals surface area contributed by atoms with Crippen molar-refractivity contribution in [2.75, 3.05) is 6.61 Å². The molecule has 0 fully saturated rings. The van der Waals surface area contributed by atoms with Crippen LogP contribution in [0.25, 0.3) is 0 Å². The van der Waals surface area contributed by atoms with Crippen LogP contribution in [0.3, 0.4) is 0 Å². The topological polar surface area (TPSA) is 35.2 Å². The van der Waals surface area contributed by atoms with Crippen molar-refractivity contribution in [3.63, 3.8) is 0 Å². The summed E-state index contributed by atoms with van der Waals surface area (Å²) in [5, 5.41) is 0. The van der Waals surface area contributed by atoms with Gasteiger partial charge in [-0.3, -0.25) is 0 Å². The maximum absolute atomic E-state index is 13.2. The van der Waals surface area contributed by atoms with E-state index in [1.165, 1.54) is 0 Å². The smallest absolute Gasteiger partial charge is 0.165 e. The van der Waals surface area contributed by atoms with E-state index in [0.717, 1.165) is 12.1 Å². The molecule has 13 heavy (non-hydrogen) atoms. The van der Waals surface area contributed by atoms with Crippen LogP contribution in [-0.2, 0) is 0 Å². The molecule has 2 N–H and O–H groups in total. The molecule has 0 radical (unpaired) electrons. The van der Waals surface area contributed by atoms with E-state index >= 15 is 0 Å². The highest BCUT2D eigenvalue weighted by atomic mass is 19.1. The maximum atomic E-state index is 13.2. The predicted octanol–water partition coefficient (Wildman–Crippen LogP) is 1.75. The lowest BCUT2D eigenvalue weighted by Gasteiger charge is -2.23. The van der Waals surface area contributed by atoms with Crippen molar-refractivity contribution in [3.05, 3.63) is 29.3 Å². The third-order valence-electron chi connectivity index (χ3n) is 2.14. The molecule has 1 aliphatic rings. The van der Waals surface area contributed by atoms with Crippen molar-refractivity contribution in [1.82, 2.24) is 0 Å². The lowest BCUT2D eigenvalue weighted by Crippen LogP contribution is -2.22. The normalized spacial score (nSPS) is 20.7. The molecular formula is C9H9F2NO. The second-order valence-corrected chi connectivity index (χ2v) is 3.02. The molecule has 0 spiro atoms. The number of hydrogen-bond acceptors (Lipinski definition) is 2. The van der Waals surface area contributed by atoms with Gasteiger partial charge in [0.1, 0.15) is 5.82 Å². The van der Waals surface area contributed by atoms with Gasteiger partial charge in [0.25, 0.3) is 0 Å². The van der Waals surface area contributed by atoms with Gasteiger partial charge in [-0.25, -0.2) is 8.78 Å². The monoisotopic (exact) mass is 185 g/mol. The highest BCUT2D eigenvalue weighted by Crippen LogP contribution is 2.34. The maximum Gasteiger partial charge on any atom is 0.165 e. The minimum Gasteiger partial charge on any atom is -0.490 e. The molecule has 0 aromatic heterocycles. The first-order chi connectivity index (χ1) is 6.20. The molecule has 70 valence electrons. The number of rotatable bonds is 0. The Morgan fingerprint density at radius 1 is 1.31 bits per heavy atom. The number of fused-ring (bicyclic) bond motifs is 1. The Morgan fingerprint density at radius 2 is 2.00 bits per heavy atom. The largest absolute Gasteiger partial charge is 0.490 e. The fourth-order valence-corrected chi connectivity index (χ4v) is 1.47. The van der Waals surface area contributed by atoms with E-state index in [9.17, 15) is 8.78 Å². The molecule has 0 aliphatic carbocycles. The molecule has 2 nitrogen and oxygen atoms in total. The minimum absolute atomic E-state index is 0.0289. The van der Waals surface area contributed by atoms with E-state index < -0.39 is 17.7 Å². The third kappa shape index (κ3) is 1.27. The van der Waals surface area contributed by atoms with Gasteiger partial charge in [0.2, 0.25) is 0 Å². The molecule has 0 bridgehead atoms. The summed E-state index contributed by atoms with van der Waals surface area (Å²) in [7, 11) is 0. The van der Waals surface area contributed by atoms with Gasteiger partial charge in [0.05, 0.1) is 6.61 Å². The van der Waals surface area contributed by atoms with Crippen LogP contribution in [0.15, 0.2) is 12.1 Å². The Morgan fingerprint density at radius 3 is 2.69 bits per heavy atom. The van der Waals surface area contributed by atoms with Crippen molar-refractivity contribution in [1.29, 1.82) is 0 Å². The summed E-state index contributed by atoms with van der Waals surface area (Å²) in [6.07, 6.45) is 0.521. The molecule has 1 atom stereocenters. The minimum atomic E-state index is -0.549. The Balaban J connectivity index is 2.60. The fourth-order valence-electron chi connectivity index (χ4n) is 1.47. The average molecular weight is 185 g/mol. The zero-order valence-electron chi connectivity index (χ0n) is 6.89. The van der Waals surface area contributed by atoms with Crippen molar-refractivity contribution in [2.45, 2.75) is 12.5 Å². The molecule has 2 rings (SSSR count). The summed E-state index contributed by atoms with van der Waals surface area (Å²) < 4.78 is 31.3. The number of halogens is 2. The first-order valence-electron chi connectivity index (χ1n) is 4.06. The quantitative estimate of drug-likeness (QED) is 0.668. The van der Waals surface area contributed by atoms with Crippen molar-refractivity contribution < 1.29 is 13.5 Å². The number of benzene rings is 1. The summed E-state index contributed by atoms with van der Waals surface area (Å²) in [6.45, 7) is 0.342. The lowest BCUT2D eigenvalue weighted by molar-refractivity contribution is 0.250. The Kier molecular flexibility index (Phi) is 1.92. The van der Waals surface area contributed by atoms with Crippen molar-refractivity contribution in [2.24, 2.45) is 5.73 Å². The van der Waals surface area contributed by atoms with Gasteiger partial charge in [0, 0.05) is 18.0 Å². The first-order valence-corrected chi connectivity index (χ1v) is 4.06. The van der Waals surface area contributed by atoms with Crippen LogP contribution in [0, 0.1) is 11.6 Å². The number of hydrogen-bond donors (Lipinski definition) is 1. The van der Waals surface area contributed by atoms with E-state index in [1.807, 2.05) is 0 Å². The third-order valence-corrected chi connectivity index (χ3v) is 2.14. The van der Waals surface area contributed by atoms with Gasteiger partial charge in [0.15, 0.2) is 11.6 Å². The van der Waals surface area contributed by atoms with Gasteiger partial charge in [-0.1, -0.05) is 0 Å². The standard InChI is InChI=1S/C9H9F2NO/c10-5-1-2-6(11)9-8(5)7(12)3-4-13-9/h1-2,7H,3-4,12H2. The molecule has 0 saturated heterocycles. The number of nitrogens with two attached hydrogens (primary N) is 1. The Hall–Kier alpha value is -1.16. The molecule has 0 amide bonds. The Bertz CT molecular complexity index is 341. The molecule has 1 aliphatic heterocycles. The van der Waals surface area contributed by atoms with Gasteiger partial charge in [-0.05, 0) is 12.1 Å². The van der Waals surface area contributed by atoms with E-state index in [2.05, 4.69) is 0 Å². The Labute approximate surface area is 74.3 Å². The highest BCUT2D eigenvalue weighted by molar-refractivity contribution is 5.39. The number of ether oxygens (including phenoxy) is 1. The van der Waals surface area contributed by atoms with Crippen LogP contribution >= 0.6 is 0 Å². The van der Waals surface area contributed by atoms with Crippen LogP contribution in [0.4, 0.5) is 8.78 Å². The van der Waals surface area contributed by atoms with E-state index in [4.69, 9.17) is 10.5 Å². The van der Waals surface area contributed by atoms with Crippen molar-refractivity contribution >= 4 is 0 Å². The molecule has 4 heteroatoms. The first kappa shape index (κ1) is 8.44. The summed E-state index contributed by atoms with van der Waals surface area (Å²) in [5.74, 6) is -1.08.